The molecule has 0 aromatic heterocycles. The Morgan fingerprint density at radius 3 is 2.43 bits per heavy atom. The molecule has 1 aliphatic rings. The number of nitrogens with one attached hydrogen (secondary N) is 2. The minimum Gasteiger partial charge on any atom is -0.335 e. The number of rotatable bonds is 4. The molecule has 2 aromatic carbocycles. The number of hydrogen-bond donors (Lipinski definition) is 2. The number of likely N-dealkylation sites (tertiary alicyclic amines) is 1. The SMILES string of the molecule is Cc1ccc(CN2CCC(NC(=O)Nc3cccc(C(F)(F)F)c3)CC2)cc1. The van der Waals surface area contributed by atoms with Gasteiger partial charge in [-0.2, -0.15) is 13.2 Å². The highest BCUT2D eigenvalue weighted by Crippen LogP contribution is 2.30. The molecular formula is C21H24F3N3O. The van der Waals surface area contributed by atoms with Crippen LogP contribution < -0.4 is 10.6 Å². The van der Waals surface area contributed by atoms with Crippen LogP contribution in [0, 0.1) is 6.92 Å². The van der Waals surface area contributed by atoms with Crippen molar-refractivity contribution in [2.24, 2.45) is 0 Å². The van der Waals surface area contributed by atoms with Crippen LogP contribution in [-0.2, 0) is 12.7 Å². The molecule has 1 heterocycles. The molecule has 0 bridgehead atoms. The normalized spacial score (nSPS) is 16.0. The number of carbonyl (C=O) groups excluding carboxylic acids is 1. The Bertz CT molecular complexity index is 797. The van der Waals surface area contributed by atoms with Crippen LogP contribution in [0.5, 0.6) is 0 Å². The summed E-state index contributed by atoms with van der Waals surface area (Å²) < 4.78 is 38.3. The third kappa shape index (κ3) is 5.73. The van der Waals surface area contributed by atoms with Gasteiger partial charge >= 0.3 is 12.2 Å². The van der Waals surface area contributed by atoms with Gasteiger partial charge in [0.1, 0.15) is 0 Å². The minimum absolute atomic E-state index is 0.0140. The van der Waals surface area contributed by atoms with Crippen molar-refractivity contribution in [2.75, 3.05) is 18.4 Å². The lowest BCUT2D eigenvalue weighted by atomic mass is 10.0. The predicted molar refractivity (Wildman–Crippen MR) is 103 cm³/mol. The van der Waals surface area contributed by atoms with Gasteiger partial charge in [-0.1, -0.05) is 35.9 Å². The molecule has 4 nitrogen and oxygen atoms in total. The van der Waals surface area contributed by atoms with E-state index in [1.165, 1.54) is 23.3 Å². The summed E-state index contributed by atoms with van der Waals surface area (Å²) in [6.45, 7) is 4.67. The Morgan fingerprint density at radius 2 is 1.79 bits per heavy atom. The number of carbonyl (C=O) groups is 1. The standard InChI is InChI=1S/C21H24F3N3O/c1-15-5-7-16(8-6-15)14-27-11-9-18(10-12-27)25-20(28)26-19-4-2-3-17(13-19)21(22,23)24/h2-8,13,18H,9-12,14H2,1H3,(H2,25,26,28). The number of nitrogens with zero attached hydrogens (tertiary/aromatic N) is 1. The fraction of sp³-hybridized carbons (Fsp3) is 0.381. The summed E-state index contributed by atoms with van der Waals surface area (Å²) >= 11 is 0. The van der Waals surface area contributed by atoms with Crippen molar-refractivity contribution in [1.82, 2.24) is 10.2 Å². The van der Waals surface area contributed by atoms with Crippen LogP contribution in [0.4, 0.5) is 23.7 Å². The van der Waals surface area contributed by atoms with Crippen molar-refractivity contribution in [1.29, 1.82) is 0 Å². The maximum absolute atomic E-state index is 12.8. The quantitative estimate of drug-likeness (QED) is 0.786. The van der Waals surface area contributed by atoms with Crippen molar-refractivity contribution in [3.63, 3.8) is 0 Å². The number of halogens is 3. The van der Waals surface area contributed by atoms with Crippen LogP contribution in [0.1, 0.15) is 29.5 Å². The second-order valence-corrected chi connectivity index (χ2v) is 7.21. The number of amides is 2. The highest BCUT2D eigenvalue weighted by molar-refractivity contribution is 5.89. The summed E-state index contributed by atoms with van der Waals surface area (Å²) in [6.07, 6.45) is -2.82. The zero-order valence-electron chi connectivity index (χ0n) is 15.7. The number of urea groups is 1. The van der Waals surface area contributed by atoms with Crippen LogP contribution in [0.15, 0.2) is 48.5 Å². The number of anilines is 1. The number of alkyl halides is 3. The van der Waals surface area contributed by atoms with Crippen LogP contribution in [0.25, 0.3) is 0 Å². The van der Waals surface area contributed by atoms with Gasteiger partial charge in [0.05, 0.1) is 5.56 Å². The Morgan fingerprint density at radius 1 is 1.11 bits per heavy atom. The Balaban J connectivity index is 1.45. The molecule has 0 saturated carbocycles. The highest BCUT2D eigenvalue weighted by Gasteiger charge is 2.30. The third-order valence-corrected chi connectivity index (χ3v) is 4.90. The molecule has 2 amide bonds. The largest absolute Gasteiger partial charge is 0.416 e. The first-order valence-electron chi connectivity index (χ1n) is 9.32. The maximum Gasteiger partial charge on any atom is 0.416 e. The maximum atomic E-state index is 12.8. The number of aryl methyl sites for hydroxylation is 1. The molecule has 0 unspecified atom stereocenters. The Kier molecular flexibility index (Phi) is 6.24. The zero-order valence-corrected chi connectivity index (χ0v) is 15.7. The van der Waals surface area contributed by atoms with Crippen LogP contribution >= 0.6 is 0 Å². The molecule has 150 valence electrons. The van der Waals surface area contributed by atoms with Gasteiger partial charge in [0.15, 0.2) is 0 Å². The fourth-order valence-electron chi connectivity index (χ4n) is 3.31. The number of piperidine rings is 1. The Labute approximate surface area is 162 Å². The van der Waals surface area contributed by atoms with Gasteiger partial charge in [-0.25, -0.2) is 4.79 Å². The zero-order chi connectivity index (χ0) is 20.1. The summed E-state index contributed by atoms with van der Waals surface area (Å²) in [5.74, 6) is 0. The molecule has 1 saturated heterocycles. The third-order valence-electron chi connectivity index (χ3n) is 4.90. The van der Waals surface area contributed by atoms with Gasteiger partial charge in [-0.05, 0) is 43.5 Å². The van der Waals surface area contributed by atoms with Crippen LogP contribution in [0.2, 0.25) is 0 Å². The average molecular weight is 391 g/mol. The van der Waals surface area contributed by atoms with Crippen molar-refractivity contribution in [3.05, 3.63) is 65.2 Å². The van der Waals surface area contributed by atoms with E-state index in [2.05, 4.69) is 46.7 Å². The van der Waals surface area contributed by atoms with E-state index in [1.54, 1.807) is 0 Å². The van der Waals surface area contributed by atoms with E-state index in [4.69, 9.17) is 0 Å². The van der Waals surface area contributed by atoms with Crippen molar-refractivity contribution >= 4 is 11.7 Å². The second-order valence-electron chi connectivity index (χ2n) is 7.21. The molecule has 1 fully saturated rings. The van der Waals surface area contributed by atoms with Gasteiger partial charge < -0.3 is 10.6 Å². The Hall–Kier alpha value is -2.54. The molecule has 0 atom stereocenters. The predicted octanol–water partition coefficient (Wildman–Crippen LogP) is 4.80. The summed E-state index contributed by atoms with van der Waals surface area (Å²) in [7, 11) is 0. The first-order valence-corrected chi connectivity index (χ1v) is 9.32. The molecule has 0 radical (unpaired) electrons. The van der Waals surface area contributed by atoms with Gasteiger partial charge in [0.25, 0.3) is 0 Å². The molecule has 0 spiro atoms. The summed E-state index contributed by atoms with van der Waals surface area (Å²) in [5, 5.41) is 5.35. The van der Waals surface area contributed by atoms with E-state index in [-0.39, 0.29) is 11.7 Å². The molecule has 1 aliphatic heterocycles. The lowest BCUT2D eigenvalue weighted by Crippen LogP contribution is -2.45. The first kappa shape index (κ1) is 20.2. The van der Waals surface area contributed by atoms with E-state index >= 15 is 0 Å². The summed E-state index contributed by atoms with van der Waals surface area (Å²) in [6, 6.07) is 12.6. The van der Waals surface area contributed by atoms with E-state index in [0.717, 1.165) is 44.6 Å². The molecule has 3 rings (SSSR count). The van der Waals surface area contributed by atoms with E-state index in [1.807, 2.05) is 0 Å². The topological polar surface area (TPSA) is 44.4 Å². The van der Waals surface area contributed by atoms with E-state index in [0.29, 0.717) is 0 Å². The van der Waals surface area contributed by atoms with E-state index < -0.39 is 17.8 Å². The number of hydrogen-bond acceptors (Lipinski definition) is 2. The minimum atomic E-state index is -4.43. The van der Waals surface area contributed by atoms with Gasteiger partial charge in [0, 0.05) is 31.4 Å². The van der Waals surface area contributed by atoms with Gasteiger partial charge in [-0.15, -0.1) is 0 Å². The monoisotopic (exact) mass is 391 g/mol. The second kappa shape index (κ2) is 8.65. The molecule has 2 aromatic rings. The van der Waals surface area contributed by atoms with Gasteiger partial charge in [0.2, 0.25) is 0 Å². The molecule has 7 heteroatoms. The summed E-state index contributed by atoms with van der Waals surface area (Å²) in [5.41, 5.74) is 1.84. The van der Waals surface area contributed by atoms with Gasteiger partial charge in [-0.3, -0.25) is 4.90 Å². The highest BCUT2D eigenvalue weighted by atomic mass is 19.4. The van der Waals surface area contributed by atoms with Crippen molar-refractivity contribution in [2.45, 2.75) is 38.5 Å². The lowest BCUT2D eigenvalue weighted by Gasteiger charge is -2.32. The molecule has 2 N–H and O–H groups in total. The van der Waals surface area contributed by atoms with Crippen LogP contribution in [0.3, 0.4) is 0 Å². The average Bonchev–Trinajstić information content (AvgIpc) is 2.65. The van der Waals surface area contributed by atoms with Crippen LogP contribution in [-0.4, -0.2) is 30.1 Å². The molecule has 28 heavy (non-hydrogen) atoms. The summed E-state index contributed by atoms with van der Waals surface area (Å²) in [4.78, 5) is 14.5. The first-order chi connectivity index (χ1) is 13.3. The smallest absolute Gasteiger partial charge is 0.335 e. The lowest BCUT2D eigenvalue weighted by molar-refractivity contribution is -0.137. The van der Waals surface area contributed by atoms with E-state index in [9.17, 15) is 18.0 Å². The molecular weight excluding hydrogens is 367 g/mol. The fourth-order valence-corrected chi connectivity index (χ4v) is 3.31. The van der Waals surface area contributed by atoms with Crippen molar-refractivity contribution in [3.8, 4) is 0 Å². The molecule has 0 aliphatic carbocycles. The van der Waals surface area contributed by atoms with Crippen molar-refractivity contribution < 1.29 is 18.0 Å². The number of benzene rings is 2.